The van der Waals surface area contributed by atoms with E-state index in [1.807, 2.05) is 35.7 Å². The Morgan fingerprint density at radius 3 is 2.58 bits per heavy atom. The molecule has 0 radical (unpaired) electrons. The monoisotopic (exact) mass is 339 g/mol. The molecule has 19 heavy (non-hydrogen) atoms. The molecule has 0 saturated heterocycles. The van der Waals surface area contributed by atoms with Crippen LogP contribution in [-0.4, -0.2) is 25.0 Å². The van der Waals surface area contributed by atoms with Crippen molar-refractivity contribution in [2.75, 3.05) is 14.2 Å². The van der Waals surface area contributed by atoms with Crippen LogP contribution in [0.3, 0.4) is 0 Å². The summed E-state index contributed by atoms with van der Waals surface area (Å²) in [7, 11) is 3.44. The lowest BCUT2D eigenvalue weighted by atomic mass is 10.2. The van der Waals surface area contributed by atoms with E-state index >= 15 is 0 Å². The SMILES string of the molecule is COc1ccc(CN(C)C(=O)c2csc(Br)c2)cc1. The van der Waals surface area contributed by atoms with Crippen LogP contribution in [-0.2, 0) is 6.54 Å². The fraction of sp³-hybridized carbons (Fsp3) is 0.214. The Morgan fingerprint density at radius 1 is 1.37 bits per heavy atom. The minimum absolute atomic E-state index is 0.0257. The summed E-state index contributed by atoms with van der Waals surface area (Å²) < 4.78 is 6.08. The molecular weight excluding hydrogens is 326 g/mol. The van der Waals surface area contributed by atoms with Gasteiger partial charge in [0.2, 0.25) is 0 Å². The molecule has 100 valence electrons. The lowest BCUT2D eigenvalue weighted by Crippen LogP contribution is -2.25. The number of amides is 1. The van der Waals surface area contributed by atoms with Crippen LogP contribution < -0.4 is 4.74 Å². The molecule has 0 atom stereocenters. The van der Waals surface area contributed by atoms with Crippen molar-refractivity contribution in [1.29, 1.82) is 0 Å². The maximum Gasteiger partial charge on any atom is 0.254 e. The van der Waals surface area contributed by atoms with Crippen LogP contribution in [0.2, 0.25) is 0 Å². The normalized spacial score (nSPS) is 10.3. The van der Waals surface area contributed by atoms with Gasteiger partial charge in [0.1, 0.15) is 5.75 Å². The van der Waals surface area contributed by atoms with E-state index in [9.17, 15) is 4.79 Å². The number of ether oxygens (including phenoxy) is 1. The van der Waals surface area contributed by atoms with Crippen LogP contribution in [0, 0.1) is 0 Å². The van der Waals surface area contributed by atoms with Crippen molar-refractivity contribution in [1.82, 2.24) is 4.90 Å². The number of hydrogen-bond donors (Lipinski definition) is 0. The van der Waals surface area contributed by atoms with Gasteiger partial charge in [0, 0.05) is 19.0 Å². The molecule has 1 aromatic carbocycles. The maximum atomic E-state index is 12.2. The van der Waals surface area contributed by atoms with Crippen LogP contribution in [0.1, 0.15) is 15.9 Å². The first-order valence-corrected chi connectivity index (χ1v) is 7.40. The molecule has 0 N–H and O–H groups in total. The predicted octanol–water partition coefficient (Wildman–Crippen LogP) is 3.79. The second-order valence-electron chi connectivity index (χ2n) is 4.15. The number of carbonyl (C=O) groups is 1. The van der Waals surface area contributed by atoms with Crippen molar-refractivity contribution in [3.63, 3.8) is 0 Å². The van der Waals surface area contributed by atoms with Gasteiger partial charge in [-0.05, 0) is 39.7 Å². The van der Waals surface area contributed by atoms with Crippen molar-refractivity contribution in [3.8, 4) is 5.75 Å². The Kier molecular flexibility index (Phi) is 4.61. The minimum atomic E-state index is 0.0257. The van der Waals surface area contributed by atoms with Crippen LogP contribution in [0.4, 0.5) is 0 Å². The van der Waals surface area contributed by atoms with Gasteiger partial charge in [-0.25, -0.2) is 0 Å². The van der Waals surface area contributed by atoms with Crippen LogP contribution in [0.5, 0.6) is 5.75 Å². The van der Waals surface area contributed by atoms with Crippen molar-refractivity contribution in [2.45, 2.75) is 6.54 Å². The summed E-state index contributed by atoms with van der Waals surface area (Å²) >= 11 is 4.88. The van der Waals surface area contributed by atoms with E-state index in [2.05, 4.69) is 15.9 Å². The highest BCUT2D eigenvalue weighted by molar-refractivity contribution is 9.11. The van der Waals surface area contributed by atoms with Crippen molar-refractivity contribution in [2.24, 2.45) is 0 Å². The molecular formula is C14H14BrNO2S. The first-order chi connectivity index (χ1) is 9.10. The molecule has 0 saturated carbocycles. The van der Waals surface area contributed by atoms with Gasteiger partial charge in [-0.2, -0.15) is 0 Å². The Balaban J connectivity index is 2.03. The molecule has 2 rings (SSSR count). The maximum absolute atomic E-state index is 12.2. The zero-order valence-electron chi connectivity index (χ0n) is 10.7. The summed E-state index contributed by atoms with van der Waals surface area (Å²) in [4.78, 5) is 13.9. The van der Waals surface area contributed by atoms with Crippen LogP contribution in [0.25, 0.3) is 0 Å². The molecule has 1 amide bonds. The largest absolute Gasteiger partial charge is 0.497 e. The van der Waals surface area contributed by atoms with E-state index in [0.717, 1.165) is 15.1 Å². The number of rotatable bonds is 4. The molecule has 1 aromatic heterocycles. The third kappa shape index (κ3) is 3.58. The molecule has 0 bridgehead atoms. The van der Waals surface area contributed by atoms with Crippen LogP contribution >= 0.6 is 27.3 Å². The van der Waals surface area contributed by atoms with Gasteiger partial charge in [-0.3, -0.25) is 4.79 Å². The fourth-order valence-electron chi connectivity index (χ4n) is 1.72. The number of hydrogen-bond acceptors (Lipinski definition) is 3. The first kappa shape index (κ1) is 14.1. The first-order valence-electron chi connectivity index (χ1n) is 5.72. The summed E-state index contributed by atoms with van der Waals surface area (Å²) in [6.07, 6.45) is 0. The second kappa shape index (κ2) is 6.21. The molecule has 0 aliphatic carbocycles. The lowest BCUT2D eigenvalue weighted by Gasteiger charge is -2.16. The summed E-state index contributed by atoms with van der Waals surface area (Å²) in [6.45, 7) is 0.580. The quantitative estimate of drug-likeness (QED) is 0.847. The zero-order valence-corrected chi connectivity index (χ0v) is 13.1. The number of nitrogens with zero attached hydrogens (tertiary/aromatic N) is 1. The average Bonchev–Trinajstić information content (AvgIpc) is 2.85. The zero-order chi connectivity index (χ0) is 13.8. The van der Waals surface area contributed by atoms with E-state index in [1.165, 1.54) is 11.3 Å². The van der Waals surface area contributed by atoms with E-state index in [-0.39, 0.29) is 5.91 Å². The van der Waals surface area contributed by atoms with Crippen molar-refractivity contribution in [3.05, 3.63) is 50.6 Å². The highest BCUT2D eigenvalue weighted by Crippen LogP contribution is 2.22. The minimum Gasteiger partial charge on any atom is -0.497 e. The molecule has 5 heteroatoms. The third-order valence-corrected chi connectivity index (χ3v) is 4.24. The van der Waals surface area contributed by atoms with E-state index in [0.29, 0.717) is 12.1 Å². The van der Waals surface area contributed by atoms with Crippen LogP contribution in [0.15, 0.2) is 39.5 Å². The predicted molar refractivity (Wildman–Crippen MR) is 80.8 cm³/mol. The summed E-state index contributed by atoms with van der Waals surface area (Å²) in [5, 5.41) is 1.86. The van der Waals surface area contributed by atoms with Gasteiger partial charge in [0.25, 0.3) is 5.91 Å². The summed E-state index contributed by atoms with van der Waals surface area (Å²) in [6, 6.07) is 9.57. The Bertz CT molecular complexity index is 565. The number of benzene rings is 1. The molecule has 0 fully saturated rings. The summed E-state index contributed by atoms with van der Waals surface area (Å²) in [5.74, 6) is 0.845. The Morgan fingerprint density at radius 2 is 2.05 bits per heavy atom. The van der Waals surface area contributed by atoms with E-state index < -0.39 is 0 Å². The summed E-state index contributed by atoms with van der Waals surface area (Å²) in [5.41, 5.74) is 1.79. The Labute approximate surface area is 124 Å². The molecule has 2 aromatic rings. The number of carbonyl (C=O) groups excluding carboxylic acids is 1. The molecule has 0 unspecified atom stereocenters. The highest BCUT2D eigenvalue weighted by Gasteiger charge is 2.13. The van der Waals surface area contributed by atoms with E-state index in [4.69, 9.17) is 4.74 Å². The molecule has 0 aliphatic rings. The standard InChI is InChI=1S/C14H14BrNO2S/c1-16(14(17)11-7-13(15)19-9-11)8-10-3-5-12(18-2)6-4-10/h3-7,9H,8H2,1-2H3. The van der Waals surface area contributed by atoms with Crippen molar-refractivity contribution >= 4 is 33.2 Å². The number of thiophene rings is 1. The molecule has 1 heterocycles. The average molecular weight is 340 g/mol. The number of methoxy groups -OCH3 is 1. The Hall–Kier alpha value is -1.33. The molecule has 3 nitrogen and oxygen atoms in total. The van der Waals surface area contributed by atoms with Gasteiger partial charge in [-0.15, -0.1) is 11.3 Å². The smallest absolute Gasteiger partial charge is 0.254 e. The van der Waals surface area contributed by atoms with E-state index in [1.54, 1.807) is 19.1 Å². The van der Waals surface area contributed by atoms with Crippen molar-refractivity contribution < 1.29 is 9.53 Å². The highest BCUT2D eigenvalue weighted by atomic mass is 79.9. The second-order valence-corrected chi connectivity index (χ2v) is 6.44. The van der Waals surface area contributed by atoms with Gasteiger partial charge in [0.15, 0.2) is 0 Å². The lowest BCUT2D eigenvalue weighted by molar-refractivity contribution is 0.0785. The number of halogens is 1. The topological polar surface area (TPSA) is 29.5 Å². The van der Waals surface area contributed by atoms with Gasteiger partial charge < -0.3 is 9.64 Å². The molecule has 0 aliphatic heterocycles. The molecule has 0 spiro atoms. The van der Waals surface area contributed by atoms with Gasteiger partial charge in [0.05, 0.1) is 16.5 Å². The fourth-order valence-corrected chi connectivity index (χ4v) is 2.85. The van der Waals surface area contributed by atoms with Gasteiger partial charge in [-0.1, -0.05) is 12.1 Å². The third-order valence-electron chi connectivity index (χ3n) is 2.74. The van der Waals surface area contributed by atoms with Gasteiger partial charge >= 0.3 is 0 Å².